The van der Waals surface area contributed by atoms with E-state index < -0.39 is 5.97 Å². The van der Waals surface area contributed by atoms with E-state index in [0.717, 1.165) is 5.75 Å². The number of rotatable bonds is 9. The first kappa shape index (κ1) is 22.2. The number of nitrogens with one attached hydrogen (secondary N) is 1. The molecule has 0 saturated carbocycles. The summed E-state index contributed by atoms with van der Waals surface area (Å²) in [5, 5.41) is 11.6. The van der Waals surface area contributed by atoms with Crippen LogP contribution in [0.15, 0.2) is 53.7 Å². The monoisotopic (exact) mass is 442 g/mol. The summed E-state index contributed by atoms with van der Waals surface area (Å²) in [6.45, 7) is 0.245. The van der Waals surface area contributed by atoms with Crippen LogP contribution in [0.1, 0.15) is 16.2 Å². The summed E-state index contributed by atoms with van der Waals surface area (Å²) in [5.74, 6) is 1.61. The molecular weight excluding hydrogens is 420 g/mol. The van der Waals surface area contributed by atoms with Gasteiger partial charge in [-0.1, -0.05) is 11.8 Å². The fourth-order valence-electron chi connectivity index (χ4n) is 2.55. The predicted molar refractivity (Wildman–Crippen MR) is 115 cm³/mol. The van der Waals surface area contributed by atoms with E-state index >= 15 is 0 Å². The number of esters is 1. The highest BCUT2D eigenvalue weighted by Gasteiger charge is 2.13. The number of anilines is 1. The molecule has 1 N–H and O–H groups in total. The predicted octanol–water partition coefficient (Wildman–Crippen LogP) is 2.92. The third-order valence-corrected chi connectivity index (χ3v) is 5.29. The van der Waals surface area contributed by atoms with Crippen LogP contribution in [0.4, 0.5) is 5.69 Å². The Kier molecular flexibility index (Phi) is 7.50. The van der Waals surface area contributed by atoms with Crippen molar-refractivity contribution in [3.05, 3.63) is 59.9 Å². The summed E-state index contributed by atoms with van der Waals surface area (Å²) in [4.78, 5) is 23.7. The first-order chi connectivity index (χ1) is 15.0. The maximum Gasteiger partial charge on any atom is 0.337 e. The van der Waals surface area contributed by atoms with Crippen LogP contribution in [0.2, 0.25) is 0 Å². The van der Waals surface area contributed by atoms with Gasteiger partial charge in [-0.2, -0.15) is 0 Å². The molecule has 0 saturated heterocycles. The zero-order chi connectivity index (χ0) is 22.2. The molecule has 0 spiro atoms. The minimum absolute atomic E-state index is 0.157. The van der Waals surface area contributed by atoms with Crippen LogP contribution < -0.4 is 14.8 Å². The molecule has 0 atom stereocenters. The standard InChI is InChI=1S/C21H22N4O5S/c1-25-18(12-30-17-10-8-16(28-2)9-11-17)23-24-21(25)31-13-19(26)22-15-6-4-14(5-7-15)20(27)29-3/h4-11H,12-13H2,1-3H3,(H,22,26). The highest BCUT2D eigenvalue weighted by atomic mass is 32.2. The van der Waals surface area contributed by atoms with E-state index in [9.17, 15) is 9.59 Å². The molecule has 2 aromatic carbocycles. The molecule has 1 heterocycles. The number of nitrogens with zero attached hydrogens (tertiary/aromatic N) is 3. The van der Waals surface area contributed by atoms with E-state index in [4.69, 9.17) is 9.47 Å². The Bertz CT molecular complexity index is 1030. The summed E-state index contributed by atoms with van der Waals surface area (Å²) in [6, 6.07) is 13.7. The fraction of sp³-hybridized carbons (Fsp3) is 0.238. The highest BCUT2D eigenvalue weighted by molar-refractivity contribution is 7.99. The fourth-order valence-corrected chi connectivity index (χ4v) is 3.28. The molecule has 1 aromatic heterocycles. The summed E-state index contributed by atoms with van der Waals surface area (Å²) in [7, 11) is 4.74. The molecule has 3 aromatic rings. The number of thioether (sulfide) groups is 1. The second-order valence-corrected chi connectivity index (χ2v) is 7.27. The summed E-state index contributed by atoms with van der Waals surface area (Å²) in [6.07, 6.45) is 0. The van der Waals surface area contributed by atoms with Gasteiger partial charge in [0.05, 0.1) is 25.5 Å². The average Bonchev–Trinajstić information content (AvgIpc) is 3.15. The Morgan fingerprint density at radius 1 is 1.00 bits per heavy atom. The molecule has 0 aliphatic rings. The maximum absolute atomic E-state index is 12.2. The van der Waals surface area contributed by atoms with E-state index in [-0.39, 0.29) is 18.3 Å². The van der Waals surface area contributed by atoms with Crippen LogP contribution >= 0.6 is 11.8 Å². The zero-order valence-electron chi connectivity index (χ0n) is 17.3. The Balaban J connectivity index is 1.49. The van der Waals surface area contributed by atoms with Crippen molar-refractivity contribution in [2.45, 2.75) is 11.8 Å². The first-order valence-electron chi connectivity index (χ1n) is 9.26. The molecule has 162 valence electrons. The van der Waals surface area contributed by atoms with Crippen LogP contribution in [-0.4, -0.2) is 46.6 Å². The number of carbonyl (C=O) groups is 2. The van der Waals surface area contributed by atoms with Gasteiger partial charge in [0.25, 0.3) is 0 Å². The van der Waals surface area contributed by atoms with E-state index in [1.807, 2.05) is 31.3 Å². The second-order valence-electron chi connectivity index (χ2n) is 6.33. The lowest BCUT2D eigenvalue weighted by molar-refractivity contribution is -0.113. The van der Waals surface area contributed by atoms with Gasteiger partial charge in [0.15, 0.2) is 11.0 Å². The van der Waals surface area contributed by atoms with Crippen molar-refractivity contribution in [3.63, 3.8) is 0 Å². The molecule has 0 aliphatic heterocycles. The normalized spacial score (nSPS) is 10.4. The number of hydrogen-bond acceptors (Lipinski definition) is 8. The minimum atomic E-state index is -0.428. The molecule has 0 unspecified atom stereocenters. The van der Waals surface area contributed by atoms with Gasteiger partial charge in [-0.15, -0.1) is 10.2 Å². The molecule has 1 amide bonds. The number of benzene rings is 2. The molecule has 3 rings (SSSR count). The summed E-state index contributed by atoms with van der Waals surface area (Å²) >= 11 is 1.26. The molecule has 10 heteroatoms. The van der Waals surface area contributed by atoms with Crippen LogP contribution in [0.25, 0.3) is 0 Å². The van der Waals surface area contributed by atoms with E-state index in [1.165, 1.54) is 18.9 Å². The van der Waals surface area contributed by atoms with Gasteiger partial charge in [0.1, 0.15) is 18.1 Å². The van der Waals surface area contributed by atoms with E-state index in [1.54, 1.807) is 35.9 Å². The van der Waals surface area contributed by atoms with Gasteiger partial charge in [-0.25, -0.2) is 4.79 Å². The van der Waals surface area contributed by atoms with Crippen molar-refractivity contribution in [2.24, 2.45) is 7.05 Å². The summed E-state index contributed by atoms with van der Waals surface area (Å²) in [5.41, 5.74) is 1.00. The lowest BCUT2D eigenvalue weighted by atomic mass is 10.2. The first-order valence-corrected chi connectivity index (χ1v) is 10.2. The number of hydrogen-bond donors (Lipinski definition) is 1. The molecule has 0 bridgehead atoms. The van der Waals surface area contributed by atoms with Gasteiger partial charge in [-0.3, -0.25) is 4.79 Å². The van der Waals surface area contributed by atoms with E-state index in [0.29, 0.717) is 28.0 Å². The third kappa shape index (κ3) is 5.98. The SMILES string of the molecule is COC(=O)c1ccc(NC(=O)CSc2nnc(COc3ccc(OC)cc3)n2C)cc1. The number of ether oxygens (including phenoxy) is 3. The largest absolute Gasteiger partial charge is 0.497 e. The smallest absolute Gasteiger partial charge is 0.337 e. The Hall–Kier alpha value is -3.53. The van der Waals surface area contributed by atoms with Crippen molar-refractivity contribution in [3.8, 4) is 11.5 Å². The van der Waals surface area contributed by atoms with Crippen molar-refractivity contribution in [2.75, 3.05) is 25.3 Å². The number of aromatic nitrogens is 3. The van der Waals surface area contributed by atoms with Crippen LogP contribution in [0, 0.1) is 0 Å². The van der Waals surface area contributed by atoms with Gasteiger partial charge < -0.3 is 24.1 Å². The highest BCUT2D eigenvalue weighted by Crippen LogP contribution is 2.20. The Morgan fingerprint density at radius 2 is 1.68 bits per heavy atom. The van der Waals surface area contributed by atoms with Gasteiger partial charge in [-0.05, 0) is 48.5 Å². The molecular formula is C21H22N4O5S. The van der Waals surface area contributed by atoms with Gasteiger partial charge in [0.2, 0.25) is 5.91 Å². The second kappa shape index (κ2) is 10.5. The van der Waals surface area contributed by atoms with Crippen molar-refractivity contribution in [1.82, 2.24) is 14.8 Å². The van der Waals surface area contributed by atoms with Crippen molar-refractivity contribution >= 4 is 29.3 Å². The zero-order valence-corrected chi connectivity index (χ0v) is 18.1. The number of carbonyl (C=O) groups excluding carboxylic acids is 2. The van der Waals surface area contributed by atoms with E-state index in [2.05, 4.69) is 20.3 Å². The van der Waals surface area contributed by atoms with Crippen LogP contribution in [-0.2, 0) is 23.2 Å². The van der Waals surface area contributed by atoms with Crippen LogP contribution in [0.3, 0.4) is 0 Å². The minimum Gasteiger partial charge on any atom is -0.497 e. The average molecular weight is 442 g/mol. The molecule has 0 radical (unpaired) electrons. The van der Waals surface area contributed by atoms with Crippen LogP contribution in [0.5, 0.6) is 11.5 Å². The Morgan fingerprint density at radius 3 is 2.32 bits per heavy atom. The van der Waals surface area contributed by atoms with Gasteiger partial charge >= 0.3 is 5.97 Å². The quantitative estimate of drug-likeness (QED) is 0.398. The topological polar surface area (TPSA) is 105 Å². The van der Waals surface area contributed by atoms with Crippen molar-refractivity contribution < 1.29 is 23.8 Å². The number of amides is 1. The molecule has 9 nitrogen and oxygen atoms in total. The lowest BCUT2D eigenvalue weighted by Gasteiger charge is -2.08. The van der Waals surface area contributed by atoms with Crippen molar-refractivity contribution in [1.29, 1.82) is 0 Å². The van der Waals surface area contributed by atoms with Gasteiger partial charge in [0, 0.05) is 12.7 Å². The molecule has 31 heavy (non-hydrogen) atoms. The number of methoxy groups -OCH3 is 2. The molecule has 0 aliphatic carbocycles. The maximum atomic E-state index is 12.2. The molecule has 0 fully saturated rings. The lowest BCUT2D eigenvalue weighted by Crippen LogP contribution is -2.14. The Labute approximate surface area is 183 Å². The third-order valence-electron chi connectivity index (χ3n) is 4.27. The summed E-state index contributed by atoms with van der Waals surface area (Å²) < 4.78 is 17.3.